The Morgan fingerprint density at radius 3 is 1.79 bits per heavy atom. The summed E-state index contributed by atoms with van der Waals surface area (Å²) in [6, 6.07) is 0. The first-order valence-electron chi connectivity index (χ1n) is 9.38. The molecule has 0 rings (SSSR count). The zero-order valence-electron chi connectivity index (χ0n) is 16.0. The number of alkyl halides is 1. The van der Waals surface area contributed by atoms with Gasteiger partial charge in [0.15, 0.2) is 5.50 Å². The third-order valence-electron chi connectivity index (χ3n) is 4.47. The molecule has 0 aromatic heterocycles. The van der Waals surface area contributed by atoms with E-state index in [-0.39, 0.29) is 12.2 Å². The molecule has 0 saturated carbocycles. The average molecular weight is 362 g/mol. The van der Waals surface area contributed by atoms with Crippen molar-refractivity contribution >= 4 is 23.4 Å². The number of halogens is 1. The van der Waals surface area contributed by atoms with E-state index in [0.29, 0.717) is 10.9 Å². The minimum atomic E-state index is -1.30. The zero-order chi connectivity index (χ0) is 18.6. The van der Waals surface area contributed by atoms with Gasteiger partial charge in [-0.2, -0.15) is 0 Å². The average Bonchev–Trinajstić information content (AvgIpc) is 2.49. The molecule has 2 atom stereocenters. The summed E-state index contributed by atoms with van der Waals surface area (Å²) in [7, 11) is 5.65. The van der Waals surface area contributed by atoms with E-state index in [2.05, 4.69) is 6.92 Å². The lowest BCUT2D eigenvalue weighted by atomic mass is 9.95. The van der Waals surface area contributed by atoms with Gasteiger partial charge in [0.2, 0.25) is 0 Å². The van der Waals surface area contributed by atoms with Crippen LogP contribution in [0.4, 0.5) is 0 Å². The van der Waals surface area contributed by atoms with Crippen LogP contribution in [-0.4, -0.2) is 42.9 Å². The highest BCUT2D eigenvalue weighted by atomic mass is 35.5. The van der Waals surface area contributed by atoms with E-state index in [0.717, 1.165) is 19.3 Å². The third-order valence-corrected chi connectivity index (χ3v) is 5.23. The van der Waals surface area contributed by atoms with Crippen molar-refractivity contribution in [3.8, 4) is 0 Å². The fourth-order valence-electron chi connectivity index (χ4n) is 2.65. The Hall–Kier alpha value is -0.610. The summed E-state index contributed by atoms with van der Waals surface area (Å²) in [6.07, 6.45) is 10.9. The number of unbranched alkanes of at least 4 members (excludes halogenated alkanes) is 8. The normalized spacial score (nSPS) is 14.4. The van der Waals surface area contributed by atoms with E-state index >= 15 is 0 Å². The van der Waals surface area contributed by atoms with Crippen LogP contribution in [0.2, 0.25) is 0 Å². The van der Waals surface area contributed by atoms with Crippen molar-refractivity contribution in [1.29, 1.82) is 0 Å². The number of carbonyl (C=O) groups excluding carboxylic acids is 2. The second-order valence-corrected chi connectivity index (χ2v) is 8.21. The van der Waals surface area contributed by atoms with Crippen LogP contribution in [0.1, 0.15) is 77.6 Å². The smallest absolute Gasteiger partial charge is 0.165 e. The Balaban J connectivity index is 3.99. The van der Waals surface area contributed by atoms with Gasteiger partial charge in [0, 0.05) is 12.8 Å². The molecule has 0 aromatic rings. The van der Waals surface area contributed by atoms with E-state index in [9.17, 15) is 14.7 Å². The summed E-state index contributed by atoms with van der Waals surface area (Å²) in [4.78, 5) is 23.4. The van der Waals surface area contributed by atoms with Crippen LogP contribution in [0.5, 0.6) is 0 Å². The minimum Gasteiger partial charge on any atom is -0.549 e. The van der Waals surface area contributed by atoms with Crippen LogP contribution in [0, 0.1) is 5.92 Å². The molecule has 2 unspecified atom stereocenters. The maximum absolute atomic E-state index is 12.2. The second-order valence-electron chi connectivity index (χ2n) is 7.70. The minimum absolute atomic E-state index is 0.129. The molecule has 0 aromatic carbocycles. The molecule has 5 heteroatoms. The van der Waals surface area contributed by atoms with Crippen LogP contribution in [0.25, 0.3) is 0 Å². The Labute approximate surface area is 153 Å². The van der Waals surface area contributed by atoms with Gasteiger partial charge in [0.05, 0.1) is 33.0 Å². The standard InChI is InChI=1S/C19H36ClNO3/c1-5-6-7-8-9-10-11-12-13-14-17(22)16(19(23)24)15-18(20)21(2,3)4/h16,18H,5-15H2,1-4H3. The summed E-state index contributed by atoms with van der Waals surface area (Å²) in [6.45, 7) is 2.21. The van der Waals surface area contributed by atoms with Crippen molar-refractivity contribution in [2.45, 2.75) is 83.1 Å². The van der Waals surface area contributed by atoms with Gasteiger partial charge < -0.3 is 14.4 Å². The number of carboxylic acids is 1. The number of hydrogen-bond donors (Lipinski definition) is 0. The molecular formula is C19H36ClNO3. The highest BCUT2D eigenvalue weighted by Crippen LogP contribution is 2.21. The molecule has 0 aliphatic rings. The Bertz CT molecular complexity index is 366. The van der Waals surface area contributed by atoms with Gasteiger partial charge in [-0.15, -0.1) is 0 Å². The highest BCUT2D eigenvalue weighted by molar-refractivity contribution is 6.20. The highest BCUT2D eigenvalue weighted by Gasteiger charge is 2.29. The van der Waals surface area contributed by atoms with E-state index in [4.69, 9.17) is 11.6 Å². The van der Waals surface area contributed by atoms with E-state index < -0.39 is 17.4 Å². The van der Waals surface area contributed by atoms with E-state index in [1.54, 1.807) is 0 Å². The fraction of sp³-hybridized carbons (Fsp3) is 0.895. The fourth-order valence-corrected chi connectivity index (χ4v) is 2.83. The predicted molar refractivity (Wildman–Crippen MR) is 97.6 cm³/mol. The number of hydrogen-bond acceptors (Lipinski definition) is 3. The van der Waals surface area contributed by atoms with Crippen molar-refractivity contribution in [3.05, 3.63) is 0 Å². The Kier molecular flexibility index (Phi) is 12.4. The lowest BCUT2D eigenvalue weighted by Gasteiger charge is -2.32. The molecular weight excluding hydrogens is 326 g/mol. The van der Waals surface area contributed by atoms with Crippen molar-refractivity contribution < 1.29 is 19.2 Å². The van der Waals surface area contributed by atoms with Crippen molar-refractivity contribution in [2.24, 2.45) is 5.92 Å². The maximum atomic E-state index is 12.2. The molecule has 0 heterocycles. The Morgan fingerprint density at radius 1 is 0.917 bits per heavy atom. The third kappa shape index (κ3) is 11.0. The molecule has 0 spiro atoms. The van der Waals surface area contributed by atoms with Crippen molar-refractivity contribution in [1.82, 2.24) is 0 Å². The first-order chi connectivity index (χ1) is 11.2. The molecule has 142 valence electrons. The van der Waals surface area contributed by atoms with Crippen LogP contribution in [0.3, 0.4) is 0 Å². The largest absolute Gasteiger partial charge is 0.549 e. The van der Waals surface area contributed by atoms with Crippen LogP contribution in [0.15, 0.2) is 0 Å². The number of ketones is 1. The van der Waals surface area contributed by atoms with Crippen LogP contribution in [-0.2, 0) is 9.59 Å². The lowest BCUT2D eigenvalue weighted by molar-refractivity contribution is -0.883. The molecule has 0 bridgehead atoms. The summed E-state index contributed by atoms with van der Waals surface area (Å²) in [5.74, 6) is -2.62. The molecule has 0 aliphatic carbocycles. The van der Waals surface area contributed by atoms with E-state index in [1.807, 2.05) is 21.1 Å². The number of aliphatic carboxylic acids is 1. The number of quaternary nitrogens is 1. The number of carboxylic acid groups (broad SMARTS) is 1. The van der Waals surface area contributed by atoms with Crippen LogP contribution < -0.4 is 5.11 Å². The van der Waals surface area contributed by atoms with Crippen molar-refractivity contribution in [3.63, 3.8) is 0 Å². The molecule has 0 saturated heterocycles. The number of rotatable bonds is 15. The number of carbonyl (C=O) groups is 2. The first-order valence-corrected chi connectivity index (χ1v) is 9.82. The second kappa shape index (κ2) is 12.7. The molecule has 0 radical (unpaired) electrons. The summed E-state index contributed by atoms with van der Waals surface area (Å²) >= 11 is 6.22. The van der Waals surface area contributed by atoms with Crippen molar-refractivity contribution in [2.75, 3.05) is 21.1 Å². The van der Waals surface area contributed by atoms with Gasteiger partial charge in [0.1, 0.15) is 5.78 Å². The molecule has 0 fully saturated rings. The van der Waals surface area contributed by atoms with Crippen LogP contribution >= 0.6 is 11.6 Å². The topological polar surface area (TPSA) is 57.2 Å². The van der Waals surface area contributed by atoms with Gasteiger partial charge in [0.25, 0.3) is 0 Å². The molecule has 24 heavy (non-hydrogen) atoms. The summed E-state index contributed by atoms with van der Waals surface area (Å²) < 4.78 is 0.413. The predicted octanol–water partition coefficient (Wildman–Crippen LogP) is 3.50. The van der Waals surface area contributed by atoms with Gasteiger partial charge in [-0.05, 0) is 6.42 Å². The number of nitrogens with zero attached hydrogens (tertiary/aromatic N) is 1. The monoisotopic (exact) mass is 361 g/mol. The lowest BCUT2D eigenvalue weighted by Crippen LogP contribution is -2.46. The van der Waals surface area contributed by atoms with Gasteiger partial charge in [-0.3, -0.25) is 4.79 Å². The zero-order valence-corrected chi connectivity index (χ0v) is 16.7. The summed E-state index contributed by atoms with van der Waals surface area (Å²) in [5, 5.41) is 11.3. The maximum Gasteiger partial charge on any atom is 0.165 e. The SMILES string of the molecule is CCCCCCCCCCCC(=O)C(CC(Cl)[N+](C)(C)C)C(=O)[O-]. The Morgan fingerprint density at radius 2 is 1.38 bits per heavy atom. The molecule has 0 N–H and O–H groups in total. The van der Waals surface area contributed by atoms with Gasteiger partial charge >= 0.3 is 0 Å². The number of Topliss-reactive ketones (excluding diaryl/α,β-unsaturated/α-hetero) is 1. The van der Waals surface area contributed by atoms with Gasteiger partial charge in [-0.25, -0.2) is 0 Å². The molecule has 0 aliphatic heterocycles. The molecule has 0 amide bonds. The van der Waals surface area contributed by atoms with E-state index in [1.165, 1.54) is 38.5 Å². The summed E-state index contributed by atoms with van der Waals surface area (Å²) in [5.41, 5.74) is -0.417. The van der Waals surface area contributed by atoms with Gasteiger partial charge in [-0.1, -0.05) is 69.9 Å². The quantitative estimate of drug-likeness (QED) is 0.147. The first kappa shape index (κ1) is 23.4. The molecule has 4 nitrogen and oxygen atoms in total.